The summed E-state index contributed by atoms with van der Waals surface area (Å²) >= 11 is 0. The molecule has 2 aromatic rings. The van der Waals surface area contributed by atoms with Crippen molar-refractivity contribution in [3.8, 4) is 5.75 Å². The lowest BCUT2D eigenvalue weighted by atomic mass is 10.1. The number of anilines is 1. The Morgan fingerprint density at radius 1 is 1.08 bits per heavy atom. The molecule has 0 spiro atoms. The molecule has 0 aliphatic heterocycles. The fourth-order valence-corrected chi connectivity index (χ4v) is 1.30. The summed E-state index contributed by atoms with van der Waals surface area (Å²) in [6.45, 7) is 0. The lowest BCUT2D eigenvalue weighted by Gasteiger charge is -2.00. The SMILES string of the molecule is Cl.Nc1cccc2cc(O)ccc12. The van der Waals surface area contributed by atoms with Crippen LogP contribution in [0.2, 0.25) is 0 Å². The second kappa shape index (κ2) is 3.54. The van der Waals surface area contributed by atoms with Crippen LogP contribution in [-0.2, 0) is 0 Å². The highest BCUT2D eigenvalue weighted by Gasteiger charge is 1.96. The number of phenolic OH excluding ortho intramolecular Hbond substituents is 1. The number of rotatable bonds is 0. The van der Waals surface area contributed by atoms with Crippen molar-refractivity contribution >= 4 is 28.9 Å². The quantitative estimate of drug-likeness (QED) is 0.635. The number of nitrogen functional groups attached to an aromatic ring is 1. The van der Waals surface area contributed by atoms with Crippen molar-refractivity contribution in [2.75, 3.05) is 5.73 Å². The predicted octanol–water partition coefficient (Wildman–Crippen LogP) is 2.55. The zero-order valence-electron chi connectivity index (χ0n) is 6.90. The van der Waals surface area contributed by atoms with Crippen molar-refractivity contribution in [2.45, 2.75) is 0 Å². The first kappa shape index (κ1) is 9.68. The molecule has 0 saturated carbocycles. The highest BCUT2D eigenvalue weighted by molar-refractivity contribution is 5.93. The summed E-state index contributed by atoms with van der Waals surface area (Å²) in [6, 6.07) is 10.8. The second-order valence-corrected chi connectivity index (χ2v) is 2.75. The number of aromatic hydroxyl groups is 1. The van der Waals surface area contributed by atoms with Gasteiger partial charge < -0.3 is 10.8 Å². The maximum Gasteiger partial charge on any atom is 0.116 e. The van der Waals surface area contributed by atoms with Crippen molar-refractivity contribution in [1.82, 2.24) is 0 Å². The minimum absolute atomic E-state index is 0. The van der Waals surface area contributed by atoms with Crippen LogP contribution in [0.3, 0.4) is 0 Å². The van der Waals surface area contributed by atoms with Gasteiger partial charge in [-0.15, -0.1) is 12.4 Å². The molecule has 2 rings (SSSR count). The van der Waals surface area contributed by atoms with E-state index in [1.165, 1.54) is 0 Å². The zero-order valence-corrected chi connectivity index (χ0v) is 7.71. The zero-order chi connectivity index (χ0) is 8.55. The van der Waals surface area contributed by atoms with Gasteiger partial charge in [0.2, 0.25) is 0 Å². The van der Waals surface area contributed by atoms with E-state index in [2.05, 4.69) is 0 Å². The van der Waals surface area contributed by atoms with E-state index in [-0.39, 0.29) is 18.2 Å². The van der Waals surface area contributed by atoms with Crippen LogP contribution in [0, 0.1) is 0 Å². The molecule has 0 heterocycles. The van der Waals surface area contributed by atoms with Crippen LogP contribution in [0.4, 0.5) is 5.69 Å². The molecule has 0 amide bonds. The van der Waals surface area contributed by atoms with E-state index in [1.54, 1.807) is 12.1 Å². The number of nitrogens with two attached hydrogens (primary N) is 1. The van der Waals surface area contributed by atoms with Gasteiger partial charge in [0.15, 0.2) is 0 Å². The Balaban J connectivity index is 0.000000845. The lowest BCUT2D eigenvalue weighted by Crippen LogP contribution is -1.85. The number of hydrogen-bond donors (Lipinski definition) is 2. The van der Waals surface area contributed by atoms with Crippen LogP contribution in [0.1, 0.15) is 0 Å². The lowest BCUT2D eigenvalue weighted by molar-refractivity contribution is 0.476. The first-order valence-electron chi connectivity index (χ1n) is 3.74. The highest BCUT2D eigenvalue weighted by atomic mass is 35.5. The van der Waals surface area contributed by atoms with E-state index < -0.39 is 0 Å². The number of benzene rings is 2. The van der Waals surface area contributed by atoms with Gasteiger partial charge in [0, 0.05) is 11.1 Å². The first-order valence-corrected chi connectivity index (χ1v) is 3.74. The van der Waals surface area contributed by atoms with E-state index in [9.17, 15) is 5.11 Å². The Bertz CT molecular complexity index is 428. The third-order valence-corrected chi connectivity index (χ3v) is 1.90. The summed E-state index contributed by atoms with van der Waals surface area (Å²) in [5.41, 5.74) is 6.47. The molecule has 0 unspecified atom stereocenters. The van der Waals surface area contributed by atoms with E-state index in [4.69, 9.17) is 5.73 Å². The number of halogens is 1. The molecule has 0 atom stereocenters. The maximum absolute atomic E-state index is 9.18. The van der Waals surface area contributed by atoms with Gasteiger partial charge in [-0.05, 0) is 29.7 Å². The Kier molecular flexibility index (Phi) is 2.63. The molecule has 2 aromatic carbocycles. The molecule has 0 aromatic heterocycles. The Morgan fingerprint density at radius 2 is 1.85 bits per heavy atom. The van der Waals surface area contributed by atoms with Gasteiger partial charge >= 0.3 is 0 Å². The van der Waals surface area contributed by atoms with Crippen molar-refractivity contribution in [3.63, 3.8) is 0 Å². The maximum atomic E-state index is 9.18. The number of hydrogen-bond acceptors (Lipinski definition) is 2. The average Bonchev–Trinajstić information content (AvgIpc) is 2.04. The van der Waals surface area contributed by atoms with Gasteiger partial charge in [-0.1, -0.05) is 12.1 Å². The first-order chi connectivity index (χ1) is 5.77. The van der Waals surface area contributed by atoms with Gasteiger partial charge in [-0.3, -0.25) is 0 Å². The topological polar surface area (TPSA) is 46.2 Å². The van der Waals surface area contributed by atoms with Crippen molar-refractivity contribution in [3.05, 3.63) is 36.4 Å². The molecule has 3 heteroatoms. The standard InChI is InChI=1S/C10H9NO.ClH/c11-10-3-1-2-7-6-8(12)4-5-9(7)10;/h1-6,12H,11H2;1H. The van der Waals surface area contributed by atoms with E-state index in [1.807, 2.05) is 24.3 Å². The third-order valence-electron chi connectivity index (χ3n) is 1.90. The second-order valence-electron chi connectivity index (χ2n) is 2.75. The van der Waals surface area contributed by atoms with E-state index >= 15 is 0 Å². The predicted molar refractivity (Wildman–Crippen MR) is 57.3 cm³/mol. The van der Waals surface area contributed by atoms with Crippen LogP contribution >= 0.6 is 12.4 Å². The van der Waals surface area contributed by atoms with Gasteiger partial charge in [0.25, 0.3) is 0 Å². The van der Waals surface area contributed by atoms with Crippen molar-refractivity contribution in [2.24, 2.45) is 0 Å². The van der Waals surface area contributed by atoms with Crippen LogP contribution < -0.4 is 5.73 Å². The Labute approximate surface area is 82.4 Å². The van der Waals surface area contributed by atoms with Gasteiger partial charge in [-0.25, -0.2) is 0 Å². The van der Waals surface area contributed by atoms with Crippen molar-refractivity contribution < 1.29 is 5.11 Å². The summed E-state index contributed by atoms with van der Waals surface area (Å²) in [4.78, 5) is 0. The number of phenols is 1. The highest BCUT2D eigenvalue weighted by Crippen LogP contribution is 2.23. The van der Waals surface area contributed by atoms with Gasteiger partial charge in [0.1, 0.15) is 5.75 Å². The number of fused-ring (bicyclic) bond motifs is 1. The fraction of sp³-hybridized carbons (Fsp3) is 0. The molecule has 0 saturated heterocycles. The van der Waals surface area contributed by atoms with E-state index in [0.717, 1.165) is 16.5 Å². The largest absolute Gasteiger partial charge is 0.508 e. The fourth-order valence-electron chi connectivity index (χ4n) is 1.30. The molecule has 0 bridgehead atoms. The molecule has 13 heavy (non-hydrogen) atoms. The smallest absolute Gasteiger partial charge is 0.116 e. The molecule has 0 aliphatic rings. The van der Waals surface area contributed by atoms with Gasteiger partial charge in [0.05, 0.1) is 0 Å². The summed E-state index contributed by atoms with van der Waals surface area (Å²) in [5, 5.41) is 11.1. The Hall–Kier alpha value is -1.41. The monoisotopic (exact) mass is 195 g/mol. The van der Waals surface area contributed by atoms with Crippen LogP contribution in [-0.4, -0.2) is 5.11 Å². The summed E-state index contributed by atoms with van der Waals surface area (Å²) in [7, 11) is 0. The summed E-state index contributed by atoms with van der Waals surface area (Å²) in [5.74, 6) is 0.271. The Morgan fingerprint density at radius 3 is 2.62 bits per heavy atom. The average molecular weight is 196 g/mol. The normalized spacial score (nSPS) is 9.54. The molecular weight excluding hydrogens is 186 g/mol. The van der Waals surface area contributed by atoms with Crippen molar-refractivity contribution in [1.29, 1.82) is 0 Å². The molecule has 0 fully saturated rings. The van der Waals surface area contributed by atoms with Crippen LogP contribution in [0.25, 0.3) is 10.8 Å². The molecule has 2 nitrogen and oxygen atoms in total. The molecule has 68 valence electrons. The molecule has 3 N–H and O–H groups in total. The van der Waals surface area contributed by atoms with Crippen LogP contribution in [0.5, 0.6) is 5.75 Å². The van der Waals surface area contributed by atoms with Gasteiger partial charge in [-0.2, -0.15) is 0 Å². The minimum Gasteiger partial charge on any atom is -0.508 e. The minimum atomic E-state index is 0. The molecule has 0 aliphatic carbocycles. The summed E-state index contributed by atoms with van der Waals surface area (Å²) in [6.07, 6.45) is 0. The summed E-state index contributed by atoms with van der Waals surface area (Å²) < 4.78 is 0. The van der Waals surface area contributed by atoms with E-state index in [0.29, 0.717) is 0 Å². The molecule has 0 radical (unpaired) electrons. The third kappa shape index (κ3) is 1.68. The van der Waals surface area contributed by atoms with Crippen LogP contribution in [0.15, 0.2) is 36.4 Å². The molecular formula is C10H10ClNO.